The number of hydrogen-bond donors (Lipinski definition) is 0. The van der Waals surface area contributed by atoms with E-state index in [4.69, 9.17) is 11.2 Å². The maximum atomic E-state index is 7.32. The van der Waals surface area contributed by atoms with Crippen molar-refractivity contribution in [3.63, 3.8) is 0 Å². The molecule has 0 saturated carbocycles. The van der Waals surface area contributed by atoms with Crippen LogP contribution >= 0.6 is 17.9 Å². The van der Waals surface area contributed by atoms with Gasteiger partial charge in [-0.1, -0.05) is 79.6 Å². The Bertz CT molecular complexity index is 732. The molecule has 0 aromatic heterocycles. The summed E-state index contributed by atoms with van der Waals surface area (Å²) >= 11 is 7.32. The topological polar surface area (TPSA) is 0 Å². The molecule has 0 amide bonds. The Morgan fingerprint density at radius 3 is 1.52 bits per heavy atom. The van der Waals surface area contributed by atoms with Crippen molar-refractivity contribution in [2.24, 2.45) is 0 Å². The van der Waals surface area contributed by atoms with Crippen molar-refractivity contribution >= 4 is 28.5 Å². The van der Waals surface area contributed by atoms with Crippen molar-refractivity contribution in [2.45, 2.75) is 38.5 Å². The molecule has 27 heavy (non-hydrogen) atoms. The predicted octanol–water partition coefficient (Wildman–Crippen LogP) is 7.00. The molecule has 140 valence electrons. The van der Waals surface area contributed by atoms with Crippen LogP contribution in [0.25, 0.3) is 0 Å². The third-order valence-corrected chi connectivity index (χ3v) is 9.95. The molecule has 0 aliphatic carbocycles. The summed E-state index contributed by atoms with van der Waals surface area (Å²) in [5.41, 5.74) is 1.45. The Morgan fingerprint density at radius 2 is 0.963 bits per heavy atom. The molecule has 0 aliphatic heterocycles. The molecule has 0 atom stereocenters. The zero-order valence-corrected chi connectivity index (χ0v) is 17.6. The third kappa shape index (κ3) is 5.93. The van der Waals surface area contributed by atoms with Gasteiger partial charge in [-0.25, -0.2) is 0 Å². The number of unbranched alkanes of at least 4 members (excludes halogenated alkanes) is 4. The molecule has 0 aliphatic rings. The molecule has 0 spiro atoms. The summed E-state index contributed by atoms with van der Waals surface area (Å²) in [4.78, 5) is 0. The summed E-state index contributed by atoms with van der Waals surface area (Å²) in [6.45, 7) is -1.81. The second-order valence-electron chi connectivity index (χ2n) is 7.11. The number of benzene rings is 3. The van der Waals surface area contributed by atoms with Crippen LogP contribution in [0.1, 0.15) is 37.7 Å². The molecule has 0 heterocycles. The molecule has 0 nitrogen and oxygen atoms in total. The minimum Gasteiger partial charge on any atom is -0.0622 e. The average Bonchev–Trinajstić information content (AvgIpc) is 2.75. The fourth-order valence-corrected chi connectivity index (χ4v) is 7.37. The van der Waals surface area contributed by atoms with Gasteiger partial charge in [0, 0.05) is 0 Å². The number of hydrogen-bond acceptors (Lipinski definition) is 0. The summed E-state index contributed by atoms with van der Waals surface area (Å²) in [6.07, 6.45) is 8.63. The molecule has 3 rings (SSSR count). The zero-order valence-electron chi connectivity index (χ0n) is 15.9. The van der Waals surface area contributed by atoms with Gasteiger partial charge in [0.1, 0.15) is 10.6 Å². The first-order chi connectivity index (χ1) is 13.3. The van der Waals surface area contributed by atoms with Gasteiger partial charge in [0.25, 0.3) is 0 Å². The maximum Gasteiger partial charge on any atom is 0.178 e. The van der Waals surface area contributed by atoms with Gasteiger partial charge in [-0.15, -0.1) is 0 Å². The highest BCUT2D eigenvalue weighted by Crippen LogP contribution is 2.62. The van der Waals surface area contributed by atoms with Crippen LogP contribution < -0.4 is 10.6 Å². The van der Waals surface area contributed by atoms with Gasteiger partial charge in [0.2, 0.25) is 0 Å². The fraction of sp³-hybridized carbons (Fsp3) is 0.280. The Labute approximate surface area is 169 Å². The number of aryl methyl sites for hydroxylation is 1. The molecule has 2 heteroatoms. The second kappa shape index (κ2) is 10.6. The van der Waals surface area contributed by atoms with E-state index in [0.717, 1.165) is 6.16 Å². The normalized spacial score (nSPS) is 11.4. The quantitative estimate of drug-likeness (QED) is 0.256. The van der Waals surface area contributed by atoms with Crippen molar-refractivity contribution in [1.29, 1.82) is 0 Å². The Balaban J connectivity index is 1.49. The van der Waals surface area contributed by atoms with E-state index in [2.05, 4.69) is 91.0 Å². The zero-order chi connectivity index (χ0) is 18.8. The van der Waals surface area contributed by atoms with Gasteiger partial charge in [0.15, 0.2) is 6.62 Å². The highest BCUT2D eigenvalue weighted by atomic mass is 35.7. The molecule has 0 saturated heterocycles. The van der Waals surface area contributed by atoms with Crippen LogP contribution in [0.4, 0.5) is 0 Å². The van der Waals surface area contributed by atoms with E-state index < -0.39 is 6.62 Å². The summed E-state index contributed by atoms with van der Waals surface area (Å²) in [5, 5.41) is 2.61. The highest BCUT2D eigenvalue weighted by molar-refractivity contribution is 8.09. The molecule has 0 radical (unpaired) electrons. The van der Waals surface area contributed by atoms with E-state index >= 15 is 0 Å². The van der Waals surface area contributed by atoms with Crippen LogP contribution in [-0.4, -0.2) is 6.16 Å². The van der Waals surface area contributed by atoms with Gasteiger partial charge < -0.3 is 0 Å². The van der Waals surface area contributed by atoms with E-state index in [9.17, 15) is 0 Å². The van der Waals surface area contributed by atoms with E-state index in [1.807, 2.05) is 0 Å². The van der Waals surface area contributed by atoms with Crippen molar-refractivity contribution in [2.75, 3.05) is 6.16 Å². The second-order valence-corrected chi connectivity index (χ2v) is 11.8. The predicted molar refractivity (Wildman–Crippen MR) is 123 cm³/mol. The van der Waals surface area contributed by atoms with Crippen LogP contribution in [0.3, 0.4) is 0 Å². The standard InChI is InChI=1S/C25H29ClP/c26-27(24-18-10-5-11-19-24,25-20-12-6-13-21-25)22-14-3-1-2-7-15-23-16-8-4-9-17-23/h4-6,8-13,16-21H,1-3,7,14-15,22H2/q+1. The molecular formula is C25H29ClP+. The van der Waals surface area contributed by atoms with Crippen LogP contribution in [0.15, 0.2) is 91.0 Å². The van der Waals surface area contributed by atoms with E-state index in [-0.39, 0.29) is 0 Å². The lowest BCUT2D eigenvalue weighted by Gasteiger charge is -2.19. The molecule has 0 unspecified atom stereocenters. The molecule has 3 aromatic rings. The van der Waals surface area contributed by atoms with Crippen LogP contribution in [0.5, 0.6) is 0 Å². The van der Waals surface area contributed by atoms with E-state index in [1.54, 1.807) is 0 Å². The highest BCUT2D eigenvalue weighted by Gasteiger charge is 2.40. The lowest BCUT2D eigenvalue weighted by molar-refractivity contribution is 0.634. The summed E-state index contributed by atoms with van der Waals surface area (Å²) in [5.74, 6) is 0. The first-order valence-electron chi connectivity index (χ1n) is 10.0. The van der Waals surface area contributed by atoms with Gasteiger partial charge in [0.05, 0.1) is 17.4 Å². The lowest BCUT2D eigenvalue weighted by atomic mass is 10.1. The van der Waals surface area contributed by atoms with Gasteiger partial charge in [-0.3, -0.25) is 0 Å². The van der Waals surface area contributed by atoms with E-state index in [1.165, 1.54) is 54.7 Å². The molecule has 0 fully saturated rings. The van der Waals surface area contributed by atoms with Gasteiger partial charge >= 0.3 is 0 Å². The Hall–Kier alpha value is -1.62. The van der Waals surface area contributed by atoms with Crippen LogP contribution in [0, 0.1) is 0 Å². The van der Waals surface area contributed by atoms with Gasteiger partial charge in [-0.2, -0.15) is 0 Å². The van der Waals surface area contributed by atoms with Crippen molar-refractivity contribution in [3.8, 4) is 0 Å². The van der Waals surface area contributed by atoms with Gasteiger partial charge in [-0.05, 0) is 55.5 Å². The molecule has 3 aromatic carbocycles. The van der Waals surface area contributed by atoms with Crippen molar-refractivity contribution < 1.29 is 0 Å². The minimum absolute atomic E-state index is 1.08. The van der Waals surface area contributed by atoms with Crippen LogP contribution in [0.2, 0.25) is 0 Å². The molecular weight excluding hydrogens is 367 g/mol. The van der Waals surface area contributed by atoms with Crippen LogP contribution in [-0.2, 0) is 6.42 Å². The average molecular weight is 396 g/mol. The molecule has 0 N–H and O–H groups in total. The fourth-order valence-electron chi connectivity index (χ4n) is 3.57. The Morgan fingerprint density at radius 1 is 0.519 bits per heavy atom. The number of halogens is 1. The summed E-state index contributed by atoms with van der Waals surface area (Å²) < 4.78 is 0. The molecule has 0 bridgehead atoms. The van der Waals surface area contributed by atoms with Crippen molar-refractivity contribution in [1.82, 2.24) is 0 Å². The largest absolute Gasteiger partial charge is 0.178 e. The lowest BCUT2D eigenvalue weighted by Crippen LogP contribution is -2.20. The maximum absolute atomic E-state index is 7.32. The minimum atomic E-state index is -1.81. The van der Waals surface area contributed by atoms with Crippen molar-refractivity contribution in [3.05, 3.63) is 96.6 Å². The van der Waals surface area contributed by atoms with E-state index in [0.29, 0.717) is 0 Å². The summed E-state index contributed by atoms with van der Waals surface area (Å²) in [7, 11) is 0. The third-order valence-electron chi connectivity index (χ3n) is 5.11. The Kier molecular flexibility index (Phi) is 7.93. The number of rotatable bonds is 10. The first kappa shape index (κ1) is 20.1. The monoisotopic (exact) mass is 395 g/mol. The summed E-state index contributed by atoms with van der Waals surface area (Å²) in [6, 6.07) is 32.2. The SMILES string of the molecule is Cl[P+](CCCCCCCc1ccccc1)(c1ccccc1)c1ccccc1. The first-order valence-corrected chi connectivity index (χ1v) is 12.9. The smallest absolute Gasteiger partial charge is 0.0622 e.